The molecule has 3 rings (SSSR count). The Hall–Kier alpha value is -2.35. The molecule has 0 aliphatic heterocycles. The standard InChI is InChI=1S/C18H23N5O2S/c1-11-5-3-4-6-14(11)12(2)20-16(25)10-26-18-22-21-17(13-7-8-13)23(18)9-15(19)24/h3-6,12-13H,7-10H2,1-2H3,(H2,19,24)(H,20,25)/t12-/m1/s1. The van der Waals surface area contributed by atoms with Gasteiger partial charge in [0.05, 0.1) is 11.8 Å². The van der Waals surface area contributed by atoms with Gasteiger partial charge in [-0.25, -0.2) is 0 Å². The lowest BCUT2D eigenvalue weighted by Gasteiger charge is -2.16. The number of hydrogen-bond donors (Lipinski definition) is 2. The third kappa shape index (κ3) is 4.43. The van der Waals surface area contributed by atoms with Crippen LogP contribution in [0.25, 0.3) is 0 Å². The van der Waals surface area contributed by atoms with Crippen LogP contribution in [-0.2, 0) is 16.1 Å². The van der Waals surface area contributed by atoms with Crippen LogP contribution in [0.5, 0.6) is 0 Å². The minimum atomic E-state index is -0.439. The summed E-state index contributed by atoms with van der Waals surface area (Å²) in [5.41, 5.74) is 7.58. The number of carbonyl (C=O) groups excluding carboxylic acids is 2. The van der Waals surface area contributed by atoms with Crippen LogP contribution < -0.4 is 11.1 Å². The van der Waals surface area contributed by atoms with Crippen LogP contribution in [0.15, 0.2) is 29.4 Å². The smallest absolute Gasteiger partial charge is 0.237 e. The molecule has 1 atom stereocenters. The predicted molar refractivity (Wildman–Crippen MR) is 99.7 cm³/mol. The summed E-state index contributed by atoms with van der Waals surface area (Å²) >= 11 is 1.27. The second-order valence-corrected chi connectivity index (χ2v) is 7.54. The summed E-state index contributed by atoms with van der Waals surface area (Å²) in [4.78, 5) is 23.7. The molecule has 0 bridgehead atoms. The van der Waals surface area contributed by atoms with Crippen molar-refractivity contribution >= 4 is 23.6 Å². The first kappa shape index (κ1) is 18.4. The van der Waals surface area contributed by atoms with Gasteiger partial charge in [0.2, 0.25) is 11.8 Å². The fraction of sp³-hybridized carbons (Fsp3) is 0.444. The number of hydrogen-bond acceptors (Lipinski definition) is 5. The third-order valence-electron chi connectivity index (χ3n) is 4.37. The van der Waals surface area contributed by atoms with Gasteiger partial charge in [-0.15, -0.1) is 10.2 Å². The first-order valence-electron chi connectivity index (χ1n) is 8.64. The number of aryl methyl sites for hydroxylation is 1. The molecule has 2 aromatic rings. The molecule has 1 aliphatic rings. The number of amides is 2. The van der Waals surface area contributed by atoms with Crippen molar-refractivity contribution in [3.63, 3.8) is 0 Å². The summed E-state index contributed by atoms with van der Waals surface area (Å²) in [5, 5.41) is 11.9. The van der Waals surface area contributed by atoms with Gasteiger partial charge in [0, 0.05) is 5.92 Å². The SMILES string of the molecule is Cc1ccccc1[C@@H](C)NC(=O)CSc1nnc(C2CC2)n1CC(N)=O. The molecule has 1 heterocycles. The zero-order valence-electron chi connectivity index (χ0n) is 14.9. The molecule has 1 aliphatic carbocycles. The summed E-state index contributed by atoms with van der Waals surface area (Å²) in [6, 6.07) is 7.91. The van der Waals surface area contributed by atoms with Crippen molar-refractivity contribution in [2.75, 3.05) is 5.75 Å². The number of carbonyl (C=O) groups is 2. The Kier molecular flexibility index (Phi) is 5.61. The molecule has 1 fully saturated rings. The Morgan fingerprint density at radius 1 is 1.35 bits per heavy atom. The molecule has 1 aromatic carbocycles. The summed E-state index contributed by atoms with van der Waals surface area (Å²) in [6.07, 6.45) is 2.10. The van der Waals surface area contributed by atoms with Crippen molar-refractivity contribution in [3.05, 3.63) is 41.2 Å². The van der Waals surface area contributed by atoms with E-state index in [1.54, 1.807) is 4.57 Å². The van der Waals surface area contributed by atoms with E-state index in [1.165, 1.54) is 11.8 Å². The van der Waals surface area contributed by atoms with Crippen LogP contribution in [-0.4, -0.2) is 32.3 Å². The lowest BCUT2D eigenvalue weighted by molar-refractivity contribution is -0.119. The number of thioether (sulfide) groups is 1. The summed E-state index contributed by atoms with van der Waals surface area (Å²) < 4.78 is 1.74. The number of nitrogens with zero attached hydrogens (tertiary/aromatic N) is 3. The zero-order valence-corrected chi connectivity index (χ0v) is 15.8. The molecule has 0 radical (unpaired) electrons. The summed E-state index contributed by atoms with van der Waals surface area (Å²) in [5.74, 6) is 0.822. The van der Waals surface area contributed by atoms with Gasteiger partial charge in [0.25, 0.3) is 0 Å². The van der Waals surface area contributed by atoms with Crippen LogP contribution in [0, 0.1) is 6.92 Å². The fourth-order valence-electron chi connectivity index (χ4n) is 2.92. The molecule has 1 saturated carbocycles. The second-order valence-electron chi connectivity index (χ2n) is 6.60. The lowest BCUT2D eigenvalue weighted by Crippen LogP contribution is -2.28. The van der Waals surface area contributed by atoms with E-state index >= 15 is 0 Å². The molecule has 0 saturated heterocycles. The molecule has 0 spiro atoms. The zero-order chi connectivity index (χ0) is 18.7. The molecule has 7 nitrogen and oxygen atoms in total. The highest BCUT2D eigenvalue weighted by Gasteiger charge is 2.31. The van der Waals surface area contributed by atoms with E-state index < -0.39 is 5.91 Å². The van der Waals surface area contributed by atoms with Gasteiger partial charge in [-0.3, -0.25) is 14.2 Å². The van der Waals surface area contributed by atoms with Gasteiger partial charge in [0.1, 0.15) is 12.4 Å². The number of nitrogens with one attached hydrogen (secondary N) is 1. The molecule has 0 unspecified atom stereocenters. The van der Waals surface area contributed by atoms with Crippen molar-refractivity contribution in [2.24, 2.45) is 5.73 Å². The van der Waals surface area contributed by atoms with Crippen LogP contribution >= 0.6 is 11.8 Å². The van der Waals surface area contributed by atoms with E-state index in [1.807, 2.05) is 38.1 Å². The lowest BCUT2D eigenvalue weighted by atomic mass is 10.0. The summed E-state index contributed by atoms with van der Waals surface area (Å²) in [7, 11) is 0. The maximum absolute atomic E-state index is 12.3. The van der Waals surface area contributed by atoms with Gasteiger partial charge >= 0.3 is 0 Å². The largest absolute Gasteiger partial charge is 0.368 e. The molecule has 8 heteroatoms. The minimum Gasteiger partial charge on any atom is -0.368 e. The fourth-order valence-corrected chi connectivity index (χ4v) is 3.67. The maximum Gasteiger partial charge on any atom is 0.237 e. The summed E-state index contributed by atoms with van der Waals surface area (Å²) in [6.45, 7) is 4.03. The normalized spacial score (nSPS) is 14.8. The Labute approximate surface area is 156 Å². The second kappa shape index (κ2) is 7.90. The van der Waals surface area contributed by atoms with Gasteiger partial charge in [-0.05, 0) is 37.8 Å². The Bertz CT molecular complexity index is 816. The quantitative estimate of drug-likeness (QED) is 0.688. The van der Waals surface area contributed by atoms with Crippen molar-refractivity contribution in [3.8, 4) is 0 Å². The first-order valence-corrected chi connectivity index (χ1v) is 9.63. The van der Waals surface area contributed by atoms with Gasteiger partial charge in [0.15, 0.2) is 5.16 Å². The highest BCUT2D eigenvalue weighted by Crippen LogP contribution is 2.40. The molecule has 26 heavy (non-hydrogen) atoms. The van der Waals surface area contributed by atoms with Gasteiger partial charge in [-0.2, -0.15) is 0 Å². The Morgan fingerprint density at radius 2 is 2.08 bits per heavy atom. The minimum absolute atomic E-state index is 0.0440. The van der Waals surface area contributed by atoms with Crippen molar-refractivity contribution in [1.29, 1.82) is 0 Å². The van der Waals surface area contributed by atoms with E-state index in [0.29, 0.717) is 11.1 Å². The van der Waals surface area contributed by atoms with Crippen molar-refractivity contribution < 1.29 is 9.59 Å². The third-order valence-corrected chi connectivity index (χ3v) is 5.33. The molecular formula is C18H23N5O2S. The topological polar surface area (TPSA) is 103 Å². The predicted octanol–water partition coefficient (Wildman–Crippen LogP) is 1.92. The average molecular weight is 373 g/mol. The van der Waals surface area contributed by atoms with Crippen molar-refractivity contribution in [1.82, 2.24) is 20.1 Å². The van der Waals surface area contributed by atoms with E-state index in [9.17, 15) is 9.59 Å². The highest BCUT2D eigenvalue weighted by atomic mass is 32.2. The maximum atomic E-state index is 12.3. The van der Waals surface area contributed by atoms with E-state index in [-0.39, 0.29) is 24.2 Å². The number of rotatable bonds is 8. The Balaban J connectivity index is 1.61. The molecule has 3 N–H and O–H groups in total. The number of primary amides is 1. The highest BCUT2D eigenvalue weighted by molar-refractivity contribution is 7.99. The first-order chi connectivity index (χ1) is 12.5. The number of aromatic nitrogens is 3. The number of nitrogens with two attached hydrogens (primary N) is 1. The van der Waals surface area contributed by atoms with Gasteiger partial charge in [-0.1, -0.05) is 36.0 Å². The molecule has 138 valence electrons. The molecule has 2 amide bonds. The average Bonchev–Trinajstić information content (AvgIpc) is 3.35. The van der Waals surface area contributed by atoms with Crippen LogP contribution in [0.2, 0.25) is 0 Å². The van der Waals surface area contributed by atoms with Crippen LogP contribution in [0.3, 0.4) is 0 Å². The van der Waals surface area contributed by atoms with E-state index in [0.717, 1.165) is 29.8 Å². The molecule has 1 aromatic heterocycles. The van der Waals surface area contributed by atoms with Gasteiger partial charge < -0.3 is 11.1 Å². The van der Waals surface area contributed by atoms with Crippen molar-refractivity contribution in [2.45, 2.75) is 50.4 Å². The number of benzene rings is 1. The van der Waals surface area contributed by atoms with E-state index in [2.05, 4.69) is 15.5 Å². The Morgan fingerprint density at radius 3 is 2.73 bits per heavy atom. The van der Waals surface area contributed by atoms with Crippen LogP contribution in [0.1, 0.15) is 48.7 Å². The van der Waals surface area contributed by atoms with Crippen LogP contribution in [0.4, 0.5) is 0 Å². The van der Waals surface area contributed by atoms with E-state index in [4.69, 9.17) is 5.73 Å². The molecular weight excluding hydrogens is 350 g/mol. The monoisotopic (exact) mass is 373 g/mol.